The molecule has 1 saturated heterocycles. The molecule has 0 spiro atoms. The number of aldehydes is 1. The van der Waals surface area contributed by atoms with E-state index in [9.17, 15) is 13.6 Å². The highest BCUT2D eigenvalue weighted by Crippen LogP contribution is 2.26. The van der Waals surface area contributed by atoms with Crippen LogP contribution in [0.3, 0.4) is 0 Å². The van der Waals surface area contributed by atoms with E-state index in [2.05, 4.69) is 4.98 Å². The Balaban J connectivity index is 0.000000211. The van der Waals surface area contributed by atoms with Crippen molar-refractivity contribution < 1.29 is 13.6 Å². The van der Waals surface area contributed by atoms with Crippen LogP contribution in [0.25, 0.3) is 16.7 Å². The molecule has 0 amide bonds. The molecule has 0 aliphatic carbocycles. The zero-order valence-electron chi connectivity index (χ0n) is 15.5. The molecule has 8 heteroatoms. The van der Waals surface area contributed by atoms with E-state index in [1.807, 2.05) is 59.1 Å². The highest BCUT2D eigenvalue weighted by molar-refractivity contribution is 7.97. The van der Waals surface area contributed by atoms with Gasteiger partial charge in [0.15, 0.2) is 6.29 Å². The SMILES string of the molecule is CN1CCC(F)(F)CC1.NSc1ccc(-n2ccc3cc(C=O)cnc32)cc1. The van der Waals surface area contributed by atoms with Crippen LogP contribution in [0.4, 0.5) is 8.78 Å². The number of hydrogen-bond donors (Lipinski definition) is 1. The second-order valence-corrected chi connectivity index (χ2v) is 7.46. The van der Waals surface area contributed by atoms with Gasteiger partial charge in [0.1, 0.15) is 5.65 Å². The summed E-state index contributed by atoms with van der Waals surface area (Å²) in [5.74, 6) is -2.38. The van der Waals surface area contributed by atoms with Crippen LogP contribution in [-0.4, -0.2) is 46.8 Å². The lowest BCUT2D eigenvalue weighted by molar-refractivity contribution is -0.0504. The molecule has 0 bridgehead atoms. The van der Waals surface area contributed by atoms with E-state index in [0.29, 0.717) is 18.7 Å². The summed E-state index contributed by atoms with van der Waals surface area (Å²) < 4.78 is 26.7. The Hall–Kier alpha value is -2.29. The van der Waals surface area contributed by atoms with Crippen molar-refractivity contribution in [2.24, 2.45) is 5.14 Å². The lowest BCUT2D eigenvalue weighted by Crippen LogP contribution is -2.36. The van der Waals surface area contributed by atoms with Crippen LogP contribution < -0.4 is 5.14 Å². The summed E-state index contributed by atoms with van der Waals surface area (Å²) in [6.07, 6.45) is 4.39. The van der Waals surface area contributed by atoms with Crippen LogP contribution in [0.5, 0.6) is 0 Å². The maximum Gasteiger partial charge on any atom is 0.250 e. The number of carbonyl (C=O) groups is 1. The number of nitrogens with two attached hydrogens (primary N) is 1. The second-order valence-electron chi connectivity index (χ2n) is 6.76. The van der Waals surface area contributed by atoms with Crippen molar-refractivity contribution in [2.75, 3.05) is 20.1 Å². The predicted octanol–water partition coefficient (Wildman–Crippen LogP) is 4.15. The largest absolute Gasteiger partial charge is 0.306 e. The Morgan fingerprint density at radius 2 is 1.86 bits per heavy atom. The van der Waals surface area contributed by atoms with E-state index >= 15 is 0 Å². The van der Waals surface area contributed by atoms with Gasteiger partial charge in [0, 0.05) is 59.9 Å². The number of benzene rings is 1. The number of hydrogen-bond acceptors (Lipinski definition) is 5. The van der Waals surface area contributed by atoms with Gasteiger partial charge in [-0.05, 0) is 55.4 Å². The van der Waals surface area contributed by atoms with Crippen molar-refractivity contribution in [3.63, 3.8) is 0 Å². The lowest BCUT2D eigenvalue weighted by atomic mass is 10.1. The number of carbonyl (C=O) groups excluding carboxylic acids is 1. The molecule has 1 aromatic carbocycles. The number of piperidine rings is 1. The highest BCUT2D eigenvalue weighted by atomic mass is 32.2. The average molecular weight is 404 g/mol. The third-order valence-corrected chi connectivity index (χ3v) is 5.20. The molecule has 1 aliphatic rings. The number of alkyl halides is 2. The van der Waals surface area contributed by atoms with Crippen molar-refractivity contribution in [1.29, 1.82) is 0 Å². The highest BCUT2D eigenvalue weighted by Gasteiger charge is 2.32. The maximum absolute atomic E-state index is 12.4. The maximum atomic E-state index is 12.4. The number of rotatable bonds is 3. The van der Waals surface area contributed by atoms with Crippen molar-refractivity contribution in [3.8, 4) is 5.69 Å². The first-order valence-corrected chi connectivity index (χ1v) is 9.76. The molecule has 3 aromatic rings. The number of halogens is 2. The van der Waals surface area contributed by atoms with Gasteiger partial charge in [-0.2, -0.15) is 0 Å². The van der Waals surface area contributed by atoms with E-state index in [1.165, 1.54) is 11.9 Å². The summed E-state index contributed by atoms with van der Waals surface area (Å²) in [7, 11) is 1.87. The molecular weight excluding hydrogens is 382 g/mol. The summed E-state index contributed by atoms with van der Waals surface area (Å²) in [5, 5.41) is 6.45. The molecule has 0 radical (unpaired) electrons. The molecule has 5 nitrogen and oxygen atoms in total. The van der Waals surface area contributed by atoms with Gasteiger partial charge in [-0.25, -0.2) is 13.8 Å². The van der Waals surface area contributed by atoms with Crippen LogP contribution in [0.2, 0.25) is 0 Å². The van der Waals surface area contributed by atoms with Gasteiger partial charge < -0.3 is 9.47 Å². The van der Waals surface area contributed by atoms with Gasteiger partial charge in [0.2, 0.25) is 0 Å². The van der Waals surface area contributed by atoms with Crippen molar-refractivity contribution >= 4 is 29.3 Å². The average Bonchev–Trinajstić information content (AvgIpc) is 3.14. The van der Waals surface area contributed by atoms with E-state index < -0.39 is 5.92 Å². The fourth-order valence-electron chi connectivity index (χ4n) is 2.94. The molecule has 1 aliphatic heterocycles. The van der Waals surface area contributed by atoms with Crippen LogP contribution in [0.1, 0.15) is 23.2 Å². The van der Waals surface area contributed by atoms with Gasteiger partial charge in [0.05, 0.1) is 0 Å². The van der Waals surface area contributed by atoms with Crippen LogP contribution in [0, 0.1) is 0 Å². The van der Waals surface area contributed by atoms with Crippen molar-refractivity contribution in [1.82, 2.24) is 14.5 Å². The van der Waals surface area contributed by atoms with Gasteiger partial charge >= 0.3 is 0 Å². The summed E-state index contributed by atoms with van der Waals surface area (Å²) in [5.41, 5.74) is 2.43. The molecule has 0 atom stereocenters. The fourth-order valence-corrected chi connectivity index (χ4v) is 3.24. The molecule has 28 heavy (non-hydrogen) atoms. The number of nitrogens with zero attached hydrogens (tertiary/aromatic N) is 3. The molecule has 2 aromatic heterocycles. The molecule has 2 N–H and O–H groups in total. The number of aromatic nitrogens is 2. The Kier molecular flexibility index (Phi) is 6.43. The van der Waals surface area contributed by atoms with E-state index in [0.717, 1.165) is 27.9 Å². The smallest absolute Gasteiger partial charge is 0.250 e. The minimum atomic E-state index is -2.38. The lowest BCUT2D eigenvalue weighted by Gasteiger charge is -2.28. The summed E-state index contributed by atoms with van der Waals surface area (Å²) in [6, 6.07) is 11.7. The molecular formula is C20H22F2N4OS. The number of likely N-dealkylation sites (tertiary alicyclic amines) is 1. The van der Waals surface area contributed by atoms with Crippen molar-refractivity contribution in [3.05, 3.63) is 54.4 Å². The summed E-state index contributed by atoms with van der Waals surface area (Å²) in [4.78, 5) is 18.0. The Morgan fingerprint density at radius 1 is 1.18 bits per heavy atom. The first kappa shape index (κ1) is 20.4. The topological polar surface area (TPSA) is 64.2 Å². The molecule has 0 saturated carbocycles. The number of pyridine rings is 1. The quantitative estimate of drug-likeness (QED) is 0.525. The van der Waals surface area contributed by atoms with E-state index in [4.69, 9.17) is 5.14 Å². The molecule has 1 fully saturated rings. The molecule has 0 unspecified atom stereocenters. The zero-order chi connectivity index (χ0) is 20.1. The van der Waals surface area contributed by atoms with E-state index in [-0.39, 0.29) is 12.8 Å². The molecule has 4 rings (SSSR count). The zero-order valence-corrected chi connectivity index (χ0v) is 16.3. The minimum absolute atomic E-state index is 0.0312. The van der Waals surface area contributed by atoms with E-state index in [1.54, 1.807) is 6.20 Å². The van der Waals surface area contributed by atoms with Crippen LogP contribution in [0.15, 0.2) is 53.7 Å². The fraction of sp³-hybridized carbons (Fsp3) is 0.300. The Bertz CT molecular complexity index is 933. The Morgan fingerprint density at radius 3 is 2.43 bits per heavy atom. The second kappa shape index (κ2) is 8.81. The van der Waals surface area contributed by atoms with Crippen molar-refractivity contribution in [2.45, 2.75) is 23.7 Å². The Labute approximate surface area is 166 Å². The number of fused-ring (bicyclic) bond motifs is 1. The van der Waals surface area contributed by atoms with Gasteiger partial charge in [0.25, 0.3) is 5.92 Å². The minimum Gasteiger partial charge on any atom is -0.306 e. The first-order valence-electron chi connectivity index (χ1n) is 8.88. The predicted molar refractivity (Wildman–Crippen MR) is 108 cm³/mol. The monoisotopic (exact) mass is 404 g/mol. The molecule has 148 valence electrons. The van der Waals surface area contributed by atoms with Gasteiger partial charge in [-0.1, -0.05) is 0 Å². The summed E-state index contributed by atoms with van der Waals surface area (Å²) >= 11 is 1.22. The standard InChI is InChI=1S/C14H11N3OS.C6H11F2N/c15-19-13-3-1-12(2-4-13)17-6-5-11-7-10(9-18)8-16-14(11)17;1-9-4-2-6(7,8)3-5-9/h1-9H,15H2;2-5H2,1H3. The molecule has 3 heterocycles. The van der Waals surface area contributed by atoms with Crippen LogP contribution in [-0.2, 0) is 0 Å². The summed E-state index contributed by atoms with van der Waals surface area (Å²) in [6.45, 7) is 1.07. The van der Waals surface area contributed by atoms with Gasteiger partial charge in [-0.3, -0.25) is 9.93 Å². The third kappa shape index (κ3) is 4.95. The van der Waals surface area contributed by atoms with Crippen LogP contribution >= 0.6 is 11.9 Å². The normalized spacial score (nSPS) is 16.4. The third-order valence-electron chi connectivity index (χ3n) is 4.65. The van der Waals surface area contributed by atoms with Gasteiger partial charge in [-0.15, -0.1) is 0 Å². The first-order chi connectivity index (χ1) is 13.4.